The van der Waals surface area contributed by atoms with Gasteiger partial charge in [0.2, 0.25) is 0 Å². The Kier molecular flexibility index (Phi) is 39.6. The molecule has 6 atom stereocenters. The van der Waals surface area contributed by atoms with Gasteiger partial charge in [-0.25, -0.2) is 0 Å². The first kappa shape index (κ1) is 51.4. The molecule has 0 saturated heterocycles. The summed E-state index contributed by atoms with van der Waals surface area (Å²) in [5.41, 5.74) is 0. The number of aliphatic hydroxyl groups is 1. The molecule has 0 spiro atoms. The lowest BCUT2D eigenvalue weighted by Crippen LogP contribution is -2.30. The SMILES string of the molecule is CCCOCC(C)OCC(C)OCC(C)OCC(C)OCC(C)OCC(C)OCCOCCOCCOCCOCCOCCOCCOCCO. The van der Waals surface area contributed by atoms with Crippen LogP contribution in [0.4, 0.5) is 0 Å². The van der Waals surface area contributed by atoms with Crippen molar-refractivity contribution in [2.45, 2.75) is 91.5 Å². The van der Waals surface area contributed by atoms with E-state index in [2.05, 4.69) is 6.92 Å². The predicted molar refractivity (Wildman–Crippen MR) is 196 cm³/mol. The molecule has 0 saturated carbocycles. The molecule has 0 aromatic rings. The van der Waals surface area contributed by atoms with Crippen molar-refractivity contribution in [3.8, 4) is 0 Å². The monoisotopic (exact) mass is 761 g/mol. The van der Waals surface area contributed by atoms with Crippen LogP contribution in [0.25, 0.3) is 0 Å². The molecule has 1 N–H and O–H groups in total. The molecule has 6 unspecified atom stereocenters. The van der Waals surface area contributed by atoms with Gasteiger partial charge >= 0.3 is 0 Å². The third kappa shape index (κ3) is 39.1. The molecule has 314 valence electrons. The van der Waals surface area contributed by atoms with Crippen LogP contribution >= 0.6 is 0 Å². The molecule has 0 aliphatic rings. The van der Waals surface area contributed by atoms with Crippen molar-refractivity contribution in [3.63, 3.8) is 0 Å². The average Bonchev–Trinajstić information content (AvgIpc) is 3.14. The van der Waals surface area contributed by atoms with Crippen molar-refractivity contribution < 1.29 is 71.4 Å². The normalized spacial score (nSPS) is 15.5. The first-order valence-corrected chi connectivity index (χ1v) is 19.2. The van der Waals surface area contributed by atoms with E-state index in [4.69, 9.17) is 71.4 Å². The van der Waals surface area contributed by atoms with Gasteiger partial charge in [0, 0.05) is 6.61 Å². The van der Waals surface area contributed by atoms with E-state index in [1.165, 1.54) is 0 Å². The van der Waals surface area contributed by atoms with Crippen LogP contribution in [0.1, 0.15) is 54.9 Å². The van der Waals surface area contributed by atoms with Crippen LogP contribution in [-0.4, -0.2) is 194 Å². The Morgan fingerprint density at radius 2 is 0.538 bits per heavy atom. The molecule has 0 heterocycles. The lowest BCUT2D eigenvalue weighted by Gasteiger charge is -2.22. The number of hydrogen-bond acceptors (Lipinski definition) is 15. The van der Waals surface area contributed by atoms with Gasteiger partial charge in [-0.15, -0.1) is 0 Å². The van der Waals surface area contributed by atoms with Crippen LogP contribution < -0.4 is 0 Å². The van der Waals surface area contributed by atoms with E-state index in [0.717, 1.165) is 13.0 Å². The molecule has 0 aliphatic carbocycles. The third-order valence-corrected chi connectivity index (χ3v) is 6.88. The van der Waals surface area contributed by atoms with Crippen LogP contribution in [0.3, 0.4) is 0 Å². The quantitative estimate of drug-likeness (QED) is 0.0908. The van der Waals surface area contributed by atoms with Crippen LogP contribution in [-0.2, 0) is 66.3 Å². The maximum atomic E-state index is 8.60. The molecular weight excluding hydrogens is 684 g/mol. The lowest BCUT2D eigenvalue weighted by molar-refractivity contribution is -0.105. The molecule has 0 radical (unpaired) electrons. The van der Waals surface area contributed by atoms with Gasteiger partial charge in [-0.3, -0.25) is 0 Å². The Balaban J connectivity index is 3.49. The van der Waals surface area contributed by atoms with Crippen molar-refractivity contribution >= 4 is 0 Å². The largest absolute Gasteiger partial charge is 0.394 e. The van der Waals surface area contributed by atoms with Crippen molar-refractivity contribution in [2.24, 2.45) is 0 Å². The molecule has 0 fully saturated rings. The minimum atomic E-state index is -0.0682. The topological polar surface area (TPSA) is 149 Å². The highest BCUT2D eigenvalue weighted by Gasteiger charge is 2.13. The Morgan fingerprint density at radius 3 is 0.827 bits per heavy atom. The molecule has 0 bridgehead atoms. The number of ether oxygens (including phenoxy) is 14. The van der Waals surface area contributed by atoms with Crippen molar-refractivity contribution in [1.82, 2.24) is 0 Å². The first-order valence-electron chi connectivity index (χ1n) is 19.2. The second kappa shape index (κ2) is 40.1. The Labute approximate surface area is 314 Å². The summed E-state index contributed by atoms with van der Waals surface area (Å²) < 4.78 is 78.5. The zero-order valence-corrected chi connectivity index (χ0v) is 33.6. The Bertz CT molecular complexity index is 695. The highest BCUT2D eigenvalue weighted by Crippen LogP contribution is 2.04. The van der Waals surface area contributed by atoms with Crippen molar-refractivity contribution in [2.75, 3.05) is 152 Å². The molecule has 15 nitrogen and oxygen atoms in total. The number of aliphatic hydroxyl groups excluding tert-OH is 1. The maximum absolute atomic E-state index is 8.60. The fourth-order valence-corrected chi connectivity index (χ4v) is 3.98. The summed E-state index contributed by atoms with van der Waals surface area (Å²) in [6.07, 6.45) is 0.789. The predicted octanol–water partition coefficient (Wildman–Crippen LogP) is 2.95. The van der Waals surface area contributed by atoms with Crippen LogP contribution in [0.2, 0.25) is 0 Å². The van der Waals surface area contributed by atoms with E-state index in [1.807, 2.05) is 41.5 Å². The molecule has 0 amide bonds. The van der Waals surface area contributed by atoms with Crippen LogP contribution in [0.15, 0.2) is 0 Å². The lowest BCUT2D eigenvalue weighted by atomic mass is 10.3. The molecule has 52 heavy (non-hydrogen) atoms. The number of rotatable bonds is 43. The van der Waals surface area contributed by atoms with E-state index in [-0.39, 0.29) is 43.2 Å². The summed E-state index contributed by atoms with van der Waals surface area (Å²) in [6.45, 7) is 25.1. The van der Waals surface area contributed by atoms with Gasteiger partial charge in [-0.1, -0.05) is 6.92 Å². The van der Waals surface area contributed by atoms with Gasteiger partial charge in [0.15, 0.2) is 0 Å². The summed E-state index contributed by atoms with van der Waals surface area (Å²) in [5.74, 6) is 0. The summed E-state index contributed by atoms with van der Waals surface area (Å²) in [5, 5.41) is 8.60. The van der Waals surface area contributed by atoms with Gasteiger partial charge in [-0.05, 0) is 48.0 Å². The zero-order valence-electron chi connectivity index (χ0n) is 33.6. The summed E-state index contributed by atoms with van der Waals surface area (Å²) in [4.78, 5) is 0. The standard InChI is InChI=1S/C37H76O15/c1-8-10-46-26-32(2)48-28-34(4)50-30-36(6)52-31-37(7)51-29-35(5)49-27-33(3)47-25-24-45-23-22-44-21-20-43-19-18-42-17-16-41-15-14-40-13-12-39-11-9-38/h32-38H,8-31H2,1-7H3. The van der Waals surface area contributed by atoms with Gasteiger partial charge in [0.1, 0.15) is 0 Å². The maximum Gasteiger partial charge on any atom is 0.0781 e. The van der Waals surface area contributed by atoms with Gasteiger partial charge < -0.3 is 71.4 Å². The average molecular weight is 761 g/mol. The molecule has 0 aromatic carbocycles. The van der Waals surface area contributed by atoms with Gasteiger partial charge in [-0.2, -0.15) is 0 Å². The van der Waals surface area contributed by atoms with Crippen molar-refractivity contribution in [1.29, 1.82) is 0 Å². The van der Waals surface area contributed by atoms with Gasteiger partial charge in [0.05, 0.1) is 182 Å². The highest BCUT2D eigenvalue weighted by atomic mass is 16.6. The zero-order chi connectivity index (χ0) is 38.3. The van der Waals surface area contributed by atoms with E-state index >= 15 is 0 Å². The molecule has 15 heteroatoms. The molecule has 0 aliphatic heterocycles. The van der Waals surface area contributed by atoms with Crippen LogP contribution in [0, 0.1) is 0 Å². The molecule has 0 rings (SSSR count). The summed E-state index contributed by atoms with van der Waals surface area (Å²) in [7, 11) is 0. The van der Waals surface area contributed by atoms with Gasteiger partial charge in [0.25, 0.3) is 0 Å². The first-order chi connectivity index (χ1) is 25.3. The minimum absolute atomic E-state index is 0.0219. The third-order valence-electron chi connectivity index (χ3n) is 6.88. The second-order valence-electron chi connectivity index (χ2n) is 12.5. The van der Waals surface area contributed by atoms with E-state index in [0.29, 0.717) is 139 Å². The smallest absolute Gasteiger partial charge is 0.0781 e. The van der Waals surface area contributed by atoms with E-state index in [9.17, 15) is 0 Å². The van der Waals surface area contributed by atoms with Crippen LogP contribution in [0.5, 0.6) is 0 Å². The molecular formula is C37H76O15. The minimum Gasteiger partial charge on any atom is -0.394 e. The van der Waals surface area contributed by atoms with Crippen molar-refractivity contribution in [3.05, 3.63) is 0 Å². The fourth-order valence-electron chi connectivity index (χ4n) is 3.98. The second-order valence-corrected chi connectivity index (χ2v) is 12.5. The van der Waals surface area contributed by atoms with E-state index < -0.39 is 0 Å². The fraction of sp³-hybridized carbons (Fsp3) is 1.00. The molecule has 0 aromatic heterocycles. The number of hydrogen-bond donors (Lipinski definition) is 1. The summed E-state index contributed by atoms with van der Waals surface area (Å²) in [6, 6.07) is 0. The highest BCUT2D eigenvalue weighted by molar-refractivity contribution is 4.58. The van der Waals surface area contributed by atoms with E-state index in [1.54, 1.807) is 0 Å². The summed E-state index contributed by atoms with van der Waals surface area (Å²) >= 11 is 0. The Morgan fingerprint density at radius 1 is 0.288 bits per heavy atom. The Hall–Kier alpha value is -0.600.